The Hall–Kier alpha value is -6.12. The second kappa shape index (κ2) is 51.4. The predicted octanol–water partition coefficient (Wildman–Crippen LogP) is 24.3. The molecule has 0 aromatic heterocycles. The molecule has 3 amide bonds. The van der Waals surface area contributed by atoms with E-state index in [4.69, 9.17) is 28.4 Å². The molecule has 0 spiro atoms. The van der Waals surface area contributed by atoms with Crippen LogP contribution in [0.2, 0.25) is 0 Å². The van der Waals surface area contributed by atoms with Crippen LogP contribution >= 0.6 is 0 Å². The van der Waals surface area contributed by atoms with Crippen LogP contribution in [0.3, 0.4) is 0 Å². The molecule has 3 aromatic carbocycles. The molecule has 6 saturated carbocycles. The molecule has 9 rings (SSSR count). The minimum absolute atomic E-state index is 0.151. The Morgan fingerprint density at radius 2 is 0.561 bits per heavy atom. The van der Waals surface area contributed by atoms with Crippen LogP contribution in [0.1, 0.15) is 359 Å². The Balaban J connectivity index is 0.000000225. The summed E-state index contributed by atoms with van der Waals surface area (Å²) >= 11 is 0. The van der Waals surface area contributed by atoms with Gasteiger partial charge in [0.15, 0.2) is 0 Å². The summed E-state index contributed by atoms with van der Waals surface area (Å²) in [5.41, 5.74) is 3.95. The van der Waals surface area contributed by atoms with Crippen LogP contribution in [-0.4, -0.2) is 109 Å². The van der Waals surface area contributed by atoms with Gasteiger partial charge in [-0.15, -0.1) is 0 Å². The summed E-state index contributed by atoms with van der Waals surface area (Å²) in [5.74, 6) is 3.70. The van der Waals surface area contributed by atoms with Gasteiger partial charge in [0.2, 0.25) is 19.9 Å². The summed E-state index contributed by atoms with van der Waals surface area (Å²) in [6.07, 6.45) is 48.5. The smallest absolute Gasteiger partial charge is 0.413 e. The molecule has 13 unspecified atom stereocenters. The zero-order chi connectivity index (χ0) is 76.2. The van der Waals surface area contributed by atoms with Gasteiger partial charge in [-0.1, -0.05) is 292 Å². The lowest BCUT2D eigenvalue weighted by molar-refractivity contribution is -0.166. The van der Waals surface area contributed by atoms with E-state index in [0.717, 1.165) is 38.5 Å². The monoisotopic (exact) mass is 1480 g/mol. The molecule has 0 aliphatic heterocycles. The van der Waals surface area contributed by atoms with Gasteiger partial charge in [0, 0.05) is 81.7 Å². The van der Waals surface area contributed by atoms with Gasteiger partial charge in [0.25, 0.3) is 0 Å². The fourth-order valence-corrected chi connectivity index (χ4v) is 19.5. The maximum absolute atomic E-state index is 13.1. The molecule has 6 fully saturated rings. The number of hydrogen-bond acceptors (Lipinski definition) is 12. The molecule has 107 heavy (non-hydrogen) atoms. The molecule has 6 aliphatic rings. The van der Waals surface area contributed by atoms with Gasteiger partial charge in [-0.25, -0.2) is 14.4 Å². The number of ether oxygens (including phenoxy) is 6. The number of rotatable bonds is 49. The molecule has 15 heteroatoms. The number of esters is 3. The van der Waals surface area contributed by atoms with Gasteiger partial charge in [-0.3, -0.25) is 14.4 Å². The molecule has 0 N–H and O–H groups in total. The first-order chi connectivity index (χ1) is 52.3. The van der Waals surface area contributed by atoms with Gasteiger partial charge >= 0.3 is 36.2 Å². The van der Waals surface area contributed by atoms with Crippen molar-refractivity contribution in [2.45, 2.75) is 367 Å². The quantitative estimate of drug-likeness (QED) is 0.0227. The summed E-state index contributed by atoms with van der Waals surface area (Å²) in [5, 5.41) is 0. The Bertz CT molecular complexity index is 2920. The third-order valence-corrected chi connectivity index (χ3v) is 24.8. The second-order valence-corrected chi connectivity index (χ2v) is 32.3. The Morgan fingerprint density at radius 1 is 0.308 bits per heavy atom. The average Bonchev–Trinajstić information content (AvgIpc) is 1.63. The number of nitrogens with zero attached hydrogens (tertiary/aromatic N) is 3. The van der Waals surface area contributed by atoms with Crippen molar-refractivity contribution >= 4 is 36.2 Å². The highest BCUT2D eigenvalue weighted by Crippen LogP contribution is 2.57. The maximum Gasteiger partial charge on any atom is 0.413 e. The Kier molecular flexibility index (Phi) is 42.3. The fraction of sp³-hybridized carbons (Fsp3) is 0.739. The van der Waals surface area contributed by atoms with Crippen molar-refractivity contribution in [2.24, 2.45) is 35.5 Å². The van der Waals surface area contributed by atoms with E-state index in [1.165, 1.54) is 235 Å². The molecule has 15 nitrogen and oxygen atoms in total. The molecule has 600 valence electrons. The summed E-state index contributed by atoms with van der Waals surface area (Å²) in [6.45, 7) is 15.6. The van der Waals surface area contributed by atoms with Crippen LogP contribution in [0.15, 0.2) is 91.0 Å². The molecule has 13 atom stereocenters. The van der Waals surface area contributed by atoms with Crippen molar-refractivity contribution < 1.29 is 57.2 Å². The van der Waals surface area contributed by atoms with E-state index in [2.05, 4.69) is 93.6 Å². The lowest BCUT2D eigenvalue weighted by atomic mass is 9.79. The van der Waals surface area contributed by atoms with Crippen molar-refractivity contribution in [3.05, 3.63) is 108 Å². The van der Waals surface area contributed by atoms with E-state index in [1.807, 2.05) is 53.7 Å². The van der Waals surface area contributed by atoms with Crippen molar-refractivity contribution in [3.8, 4) is 0 Å². The molecule has 6 aliphatic carbocycles. The molecule has 0 radical (unpaired) electrons. The standard InChI is InChI=1S/C35H57NO4.C30H47NO4.C27H41NO4/c1-3-5-6-7-8-9-10-11-12-13-14-15-16-17-21-24-32(37)39-28-40-35(38)36(4-2)34-31-26-25-30(27-31)33(34)29-22-19-18-20-23-29;1-4-6-7-8-9-10-11-12-16-19-27(32)34-23(3)35-30(33)31(5-2)29-26-21-20-25(22-26)28(29)24-17-14-13-15-18-24;1-3-5-6-7-8-9-13-16-24(29)31-20-32-27(30)28(4-2)26-23-18-17-22(19-23)25(26)21-14-11-10-12-15-21/h18-20,22-23,30-31,33-34H,3-17,21,24-28H2,1-2H3;13-15,17-18,23,25-26,28-29H,4-12,16,19-22H2,1-3H3;10-12,14-15,22-23,25-26H,3-9,13,16-20H2,1-2H3. The zero-order valence-electron chi connectivity index (χ0n) is 67.8. The topological polar surface area (TPSA) is 168 Å². The highest BCUT2D eigenvalue weighted by molar-refractivity contribution is 5.72. The largest absolute Gasteiger partial charge is 0.428 e. The minimum Gasteiger partial charge on any atom is -0.428 e. The van der Waals surface area contributed by atoms with E-state index in [9.17, 15) is 28.8 Å². The number of likely N-dealkylation sites (N-methyl/N-ethyl adjacent to an activating group) is 3. The number of carbonyl (C=O) groups excluding carboxylic acids is 6. The van der Waals surface area contributed by atoms with Gasteiger partial charge < -0.3 is 43.1 Å². The van der Waals surface area contributed by atoms with Gasteiger partial charge in [-0.05, 0) is 150 Å². The second-order valence-electron chi connectivity index (χ2n) is 32.3. The van der Waals surface area contributed by atoms with Crippen molar-refractivity contribution in [1.29, 1.82) is 0 Å². The average molecular weight is 1490 g/mol. The first-order valence-corrected chi connectivity index (χ1v) is 43.8. The molecule has 0 heterocycles. The fourth-order valence-electron chi connectivity index (χ4n) is 19.5. The van der Waals surface area contributed by atoms with E-state index in [-0.39, 0.29) is 67.9 Å². The first-order valence-electron chi connectivity index (χ1n) is 43.8. The lowest BCUT2D eigenvalue weighted by Crippen LogP contribution is -2.47. The van der Waals surface area contributed by atoms with Crippen molar-refractivity contribution in [2.75, 3.05) is 33.2 Å². The van der Waals surface area contributed by atoms with Gasteiger partial charge in [0.05, 0.1) is 0 Å². The molecule has 6 bridgehead atoms. The minimum atomic E-state index is -0.864. The van der Waals surface area contributed by atoms with E-state index in [0.29, 0.717) is 92.2 Å². The third-order valence-electron chi connectivity index (χ3n) is 24.8. The number of benzene rings is 3. The highest BCUT2D eigenvalue weighted by Gasteiger charge is 2.54. The van der Waals surface area contributed by atoms with Crippen LogP contribution in [0.5, 0.6) is 0 Å². The van der Waals surface area contributed by atoms with Crippen LogP contribution in [-0.2, 0) is 42.8 Å². The number of amides is 3. The summed E-state index contributed by atoms with van der Waals surface area (Å²) < 4.78 is 32.3. The normalized spacial score (nSPS) is 22.9. The van der Waals surface area contributed by atoms with Crippen molar-refractivity contribution in [3.63, 3.8) is 0 Å². The van der Waals surface area contributed by atoms with Crippen molar-refractivity contribution in [1.82, 2.24) is 14.7 Å². The van der Waals surface area contributed by atoms with Gasteiger partial charge in [0.1, 0.15) is 0 Å². The summed E-state index contributed by atoms with van der Waals surface area (Å²) in [7, 11) is 0. The number of unbranched alkanes of at least 4 members (excludes halogenated alkanes) is 28. The van der Waals surface area contributed by atoms with E-state index < -0.39 is 6.29 Å². The first kappa shape index (κ1) is 88.1. The Morgan fingerprint density at radius 3 is 0.841 bits per heavy atom. The summed E-state index contributed by atoms with van der Waals surface area (Å²) in [6, 6.07) is 32.2. The van der Waals surface area contributed by atoms with Crippen LogP contribution in [0.25, 0.3) is 0 Å². The van der Waals surface area contributed by atoms with Crippen LogP contribution in [0.4, 0.5) is 14.4 Å². The SMILES string of the molecule is CCCCCCCCCC(=O)OCOC(=O)N(CC)C1C2CCC(C2)C1c1ccccc1.CCCCCCCCCCCC(=O)OC(C)OC(=O)N(CC)C1C2CCC(C2)C1c1ccccc1.CCCCCCCCCCCCCCCCCC(=O)OCOC(=O)N(CC)C1C2CCC(C2)C1c1ccccc1. The zero-order valence-corrected chi connectivity index (χ0v) is 67.8. The lowest BCUT2D eigenvalue weighted by Gasteiger charge is -2.39. The highest BCUT2D eigenvalue weighted by atomic mass is 16.7. The van der Waals surface area contributed by atoms with E-state index in [1.54, 1.807) is 6.92 Å². The van der Waals surface area contributed by atoms with E-state index >= 15 is 0 Å². The molecule has 3 aromatic rings. The van der Waals surface area contributed by atoms with Crippen LogP contribution in [0, 0.1) is 35.5 Å². The summed E-state index contributed by atoms with van der Waals surface area (Å²) in [4.78, 5) is 81.1. The molecule has 0 saturated heterocycles. The maximum atomic E-state index is 13.1. The third kappa shape index (κ3) is 29.6. The number of hydrogen-bond donors (Lipinski definition) is 0. The molecular formula is C92H145N3O12. The number of fused-ring (bicyclic) bond motifs is 6. The Labute approximate surface area is 647 Å². The van der Waals surface area contributed by atoms with Crippen LogP contribution < -0.4 is 0 Å². The molecular weight excluding hydrogens is 1340 g/mol. The number of carbonyl (C=O) groups is 6. The van der Waals surface area contributed by atoms with Gasteiger partial charge in [-0.2, -0.15) is 0 Å². The predicted molar refractivity (Wildman–Crippen MR) is 429 cm³/mol.